The number of hydrogen-bond acceptors (Lipinski definition) is 2. The van der Waals surface area contributed by atoms with Gasteiger partial charge >= 0.3 is 0 Å². The van der Waals surface area contributed by atoms with E-state index in [0.717, 1.165) is 31.5 Å². The van der Waals surface area contributed by atoms with Crippen molar-refractivity contribution in [3.8, 4) is 0 Å². The molecule has 1 heterocycles. The third-order valence-corrected chi connectivity index (χ3v) is 2.94. The van der Waals surface area contributed by atoms with Gasteiger partial charge in [0.05, 0.1) is 0 Å². The Morgan fingerprint density at radius 2 is 2.17 bits per heavy atom. The van der Waals surface area contributed by atoms with Crippen molar-refractivity contribution in [3.05, 3.63) is 41.7 Å². The van der Waals surface area contributed by atoms with Crippen molar-refractivity contribution in [2.24, 2.45) is 0 Å². The van der Waals surface area contributed by atoms with Crippen LogP contribution < -0.4 is 10.6 Å². The maximum atomic E-state index is 12.7. The number of rotatable bonds is 3. The van der Waals surface area contributed by atoms with Crippen LogP contribution in [0.5, 0.6) is 0 Å². The fourth-order valence-corrected chi connectivity index (χ4v) is 1.97. The lowest BCUT2D eigenvalue weighted by Gasteiger charge is -2.23. The summed E-state index contributed by atoms with van der Waals surface area (Å²) in [6.45, 7) is 1.86. The summed E-state index contributed by atoms with van der Waals surface area (Å²) in [5.74, 6) is -0.377. The minimum absolute atomic E-state index is 0.104. The lowest BCUT2D eigenvalue weighted by Crippen LogP contribution is -2.45. The Bertz CT molecular complexity index is 422. The Morgan fingerprint density at radius 3 is 2.83 bits per heavy atom. The zero-order chi connectivity index (χ0) is 12.8. The van der Waals surface area contributed by atoms with Crippen molar-refractivity contribution in [1.82, 2.24) is 10.6 Å². The minimum Gasteiger partial charge on any atom is -0.349 e. The maximum absolute atomic E-state index is 12.7. The number of carbonyl (C=O) groups is 1. The first-order chi connectivity index (χ1) is 8.74. The molecule has 1 aliphatic heterocycles. The smallest absolute Gasteiger partial charge is 0.244 e. The zero-order valence-electron chi connectivity index (χ0n) is 10.2. The molecule has 1 atom stereocenters. The fraction of sp³-hybridized carbons (Fsp3) is 0.357. The molecular weight excluding hydrogens is 231 g/mol. The second-order valence-corrected chi connectivity index (χ2v) is 4.44. The maximum Gasteiger partial charge on any atom is 0.244 e. The van der Waals surface area contributed by atoms with Crippen molar-refractivity contribution < 1.29 is 9.18 Å². The number of carbonyl (C=O) groups excluding carboxylic acids is 1. The minimum atomic E-state index is -0.273. The molecule has 0 spiro atoms. The summed E-state index contributed by atoms with van der Waals surface area (Å²) in [6.07, 6.45) is 5.28. The van der Waals surface area contributed by atoms with Crippen molar-refractivity contribution >= 4 is 12.0 Å². The number of hydrogen-bond donors (Lipinski definition) is 2. The van der Waals surface area contributed by atoms with Gasteiger partial charge < -0.3 is 10.6 Å². The molecule has 1 fully saturated rings. The van der Waals surface area contributed by atoms with Crippen LogP contribution in [0.25, 0.3) is 6.08 Å². The lowest BCUT2D eigenvalue weighted by molar-refractivity contribution is -0.117. The van der Waals surface area contributed by atoms with Gasteiger partial charge in [-0.2, -0.15) is 0 Å². The van der Waals surface area contributed by atoms with E-state index in [-0.39, 0.29) is 17.8 Å². The van der Waals surface area contributed by atoms with Crippen LogP contribution >= 0.6 is 0 Å². The standard InChI is InChI=1S/C14H17FN2O/c15-12-6-3-11(4-7-12)5-8-14(18)17-13-2-1-9-16-10-13/h3-8,13,16H,1-2,9-10H2,(H,17,18)/b8-5+/t13-/m0/s1. The number of nitrogens with one attached hydrogen (secondary N) is 2. The second-order valence-electron chi connectivity index (χ2n) is 4.44. The van der Waals surface area contributed by atoms with Gasteiger partial charge in [-0.3, -0.25) is 4.79 Å². The highest BCUT2D eigenvalue weighted by Crippen LogP contribution is 2.05. The van der Waals surface area contributed by atoms with Crippen LogP contribution in [0.2, 0.25) is 0 Å². The van der Waals surface area contributed by atoms with E-state index in [0.29, 0.717) is 0 Å². The molecule has 1 amide bonds. The summed E-state index contributed by atoms with van der Waals surface area (Å²) in [7, 11) is 0. The van der Waals surface area contributed by atoms with Crippen LogP contribution in [0.1, 0.15) is 18.4 Å². The van der Waals surface area contributed by atoms with Crippen LogP contribution in [0.15, 0.2) is 30.3 Å². The van der Waals surface area contributed by atoms with E-state index in [4.69, 9.17) is 0 Å². The predicted molar refractivity (Wildman–Crippen MR) is 69.5 cm³/mol. The molecular formula is C14H17FN2O. The Balaban J connectivity index is 1.84. The van der Waals surface area contributed by atoms with Gasteiger partial charge in [0.15, 0.2) is 0 Å². The van der Waals surface area contributed by atoms with E-state index in [1.807, 2.05) is 0 Å². The van der Waals surface area contributed by atoms with E-state index >= 15 is 0 Å². The summed E-state index contributed by atoms with van der Waals surface area (Å²) in [5, 5.41) is 6.18. The molecule has 18 heavy (non-hydrogen) atoms. The summed E-state index contributed by atoms with van der Waals surface area (Å²) >= 11 is 0. The predicted octanol–water partition coefficient (Wildman–Crippen LogP) is 1.71. The molecule has 1 aliphatic rings. The first-order valence-electron chi connectivity index (χ1n) is 6.19. The third kappa shape index (κ3) is 3.96. The monoisotopic (exact) mass is 248 g/mol. The lowest BCUT2D eigenvalue weighted by atomic mass is 10.1. The first kappa shape index (κ1) is 12.8. The molecule has 0 unspecified atom stereocenters. The van der Waals surface area contributed by atoms with E-state index in [1.54, 1.807) is 18.2 Å². The molecule has 2 rings (SSSR count). The number of amides is 1. The van der Waals surface area contributed by atoms with Crippen LogP contribution in [-0.2, 0) is 4.79 Å². The Hall–Kier alpha value is -1.68. The molecule has 0 radical (unpaired) electrons. The van der Waals surface area contributed by atoms with Gasteiger partial charge in [-0.25, -0.2) is 4.39 Å². The topological polar surface area (TPSA) is 41.1 Å². The number of piperidine rings is 1. The molecule has 0 aliphatic carbocycles. The average molecular weight is 248 g/mol. The van der Waals surface area contributed by atoms with Gasteiger partial charge in [0.2, 0.25) is 5.91 Å². The normalized spacial score (nSPS) is 19.9. The van der Waals surface area contributed by atoms with Gasteiger partial charge in [-0.05, 0) is 43.2 Å². The second kappa shape index (κ2) is 6.31. The van der Waals surface area contributed by atoms with Gasteiger partial charge in [0.1, 0.15) is 5.82 Å². The molecule has 2 N–H and O–H groups in total. The molecule has 3 nitrogen and oxygen atoms in total. The van der Waals surface area contributed by atoms with Crippen LogP contribution in [0.3, 0.4) is 0 Å². The third-order valence-electron chi connectivity index (χ3n) is 2.94. The van der Waals surface area contributed by atoms with E-state index < -0.39 is 0 Å². The SMILES string of the molecule is O=C(/C=C/c1ccc(F)cc1)N[C@H]1CCCNC1. The molecule has 1 aromatic carbocycles. The molecule has 0 saturated carbocycles. The van der Waals surface area contributed by atoms with Crippen molar-refractivity contribution in [1.29, 1.82) is 0 Å². The molecule has 4 heteroatoms. The van der Waals surface area contributed by atoms with Gasteiger partial charge in [0, 0.05) is 18.7 Å². The van der Waals surface area contributed by atoms with Crippen LogP contribution in [-0.4, -0.2) is 25.0 Å². The van der Waals surface area contributed by atoms with E-state index in [9.17, 15) is 9.18 Å². The van der Waals surface area contributed by atoms with Crippen LogP contribution in [0.4, 0.5) is 4.39 Å². The largest absolute Gasteiger partial charge is 0.349 e. The highest BCUT2D eigenvalue weighted by molar-refractivity contribution is 5.91. The van der Waals surface area contributed by atoms with Crippen molar-refractivity contribution in [2.45, 2.75) is 18.9 Å². The summed E-state index contributed by atoms with van der Waals surface area (Å²) in [6, 6.07) is 6.25. The van der Waals surface area contributed by atoms with Gasteiger partial charge in [-0.1, -0.05) is 12.1 Å². The van der Waals surface area contributed by atoms with Crippen molar-refractivity contribution in [3.63, 3.8) is 0 Å². The summed E-state index contributed by atoms with van der Waals surface area (Å²) < 4.78 is 12.7. The van der Waals surface area contributed by atoms with E-state index in [2.05, 4.69) is 10.6 Å². The van der Waals surface area contributed by atoms with Crippen molar-refractivity contribution in [2.75, 3.05) is 13.1 Å². The average Bonchev–Trinajstić information content (AvgIpc) is 2.39. The summed E-state index contributed by atoms with van der Waals surface area (Å²) in [4.78, 5) is 11.7. The Kier molecular flexibility index (Phi) is 4.47. The molecule has 0 bridgehead atoms. The fourth-order valence-electron chi connectivity index (χ4n) is 1.97. The Morgan fingerprint density at radius 1 is 1.39 bits per heavy atom. The highest BCUT2D eigenvalue weighted by Gasteiger charge is 2.13. The highest BCUT2D eigenvalue weighted by atomic mass is 19.1. The zero-order valence-corrected chi connectivity index (χ0v) is 10.2. The Labute approximate surface area is 106 Å². The molecule has 0 aromatic heterocycles. The van der Waals surface area contributed by atoms with E-state index in [1.165, 1.54) is 18.2 Å². The molecule has 1 saturated heterocycles. The van der Waals surface area contributed by atoms with Gasteiger partial charge in [-0.15, -0.1) is 0 Å². The number of benzene rings is 1. The first-order valence-corrected chi connectivity index (χ1v) is 6.19. The molecule has 1 aromatic rings. The quantitative estimate of drug-likeness (QED) is 0.799. The molecule has 96 valence electrons. The summed E-state index contributed by atoms with van der Waals surface area (Å²) in [5.41, 5.74) is 0.813. The number of halogens is 1. The van der Waals surface area contributed by atoms with Crippen LogP contribution in [0, 0.1) is 5.82 Å². The van der Waals surface area contributed by atoms with Gasteiger partial charge in [0.25, 0.3) is 0 Å².